The highest BCUT2D eigenvalue weighted by atomic mass is 35.5. The Bertz CT molecular complexity index is 459. The average Bonchev–Trinajstić information content (AvgIpc) is 2.36. The van der Waals surface area contributed by atoms with E-state index in [1.165, 1.54) is 12.1 Å². The van der Waals surface area contributed by atoms with E-state index < -0.39 is 11.7 Å². The minimum absolute atomic E-state index is 0.0137. The Labute approximate surface area is 116 Å². The lowest BCUT2D eigenvalue weighted by Crippen LogP contribution is -2.40. The average molecular weight is 287 g/mol. The van der Waals surface area contributed by atoms with E-state index in [-0.39, 0.29) is 29.1 Å². The van der Waals surface area contributed by atoms with Gasteiger partial charge in [0.2, 0.25) is 5.91 Å². The first-order chi connectivity index (χ1) is 8.95. The summed E-state index contributed by atoms with van der Waals surface area (Å²) in [6.45, 7) is 3.57. The number of carbonyl (C=O) groups excluding carboxylic acids is 2. The summed E-state index contributed by atoms with van der Waals surface area (Å²) in [5.41, 5.74) is -0.250. The predicted molar refractivity (Wildman–Crippen MR) is 71.6 cm³/mol. The molecule has 1 aromatic rings. The van der Waals surface area contributed by atoms with Crippen LogP contribution >= 0.6 is 11.6 Å². The van der Waals surface area contributed by atoms with Crippen LogP contribution in [0.4, 0.5) is 4.39 Å². The van der Waals surface area contributed by atoms with Crippen LogP contribution in [0.1, 0.15) is 30.6 Å². The zero-order valence-electron chi connectivity index (χ0n) is 10.8. The summed E-state index contributed by atoms with van der Waals surface area (Å²) in [6, 6.07) is 3.99. The number of nitrogens with one attached hydrogen (secondary N) is 2. The van der Waals surface area contributed by atoms with Gasteiger partial charge in [-0.25, -0.2) is 4.39 Å². The van der Waals surface area contributed by atoms with Crippen LogP contribution in [-0.4, -0.2) is 24.4 Å². The standard InChI is InChI=1S/C13H16ClFN2O2/c1-3-8(2)17-11(18)7-16-13(19)12-9(14)5-4-6-10(12)15/h4-6,8H,3,7H2,1-2H3,(H,16,19)(H,17,18). The third kappa shape index (κ3) is 4.52. The maximum absolute atomic E-state index is 13.4. The van der Waals surface area contributed by atoms with Gasteiger partial charge in [0.15, 0.2) is 0 Å². The summed E-state index contributed by atoms with van der Waals surface area (Å²) in [4.78, 5) is 23.2. The summed E-state index contributed by atoms with van der Waals surface area (Å²) < 4.78 is 13.4. The van der Waals surface area contributed by atoms with Gasteiger partial charge >= 0.3 is 0 Å². The van der Waals surface area contributed by atoms with E-state index in [0.29, 0.717) is 0 Å². The van der Waals surface area contributed by atoms with Gasteiger partial charge < -0.3 is 10.6 Å². The van der Waals surface area contributed by atoms with E-state index in [9.17, 15) is 14.0 Å². The van der Waals surface area contributed by atoms with E-state index in [2.05, 4.69) is 10.6 Å². The minimum Gasteiger partial charge on any atom is -0.352 e. The van der Waals surface area contributed by atoms with Crippen molar-refractivity contribution in [1.29, 1.82) is 0 Å². The van der Waals surface area contributed by atoms with Crippen molar-refractivity contribution in [3.05, 3.63) is 34.6 Å². The molecule has 0 aliphatic heterocycles. The molecule has 2 amide bonds. The number of amides is 2. The van der Waals surface area contributed by atoms with Crippen LogP contribution in [0, 0.1) is 5.82 Å². The van der Waals surface area contributed by atoms with Gasteiger partial charge in [0.1, 0.15) is 5.82 Å². The third-order valence-corrected chi connectivity index (χ3v) is 2.93. The van der Waals surface area contributed by atoms with Crippen molar-refractivity contribution in [2.45, 2.75) is 26.3 Å². The molecule has 0 aromatic heterocycles. The van der Waals surface area contributed by atoms with Crippen LogP contribution < -0.4 is 10.6 Å². The van der Waals surface area contributed by atoms with E-state index >= 15 is 0 Å². The predicted octanol–water partition coefficient (Wildman–Crippen LogP) is 2.12. The van der Waals surface area contributed by atoms with Crippen LogP contribution in [0.3, 0.4) is 0 Å². The monoisotopic (exact) mass is 286 g/mol. The Balaban J connectivity index is 2.59. The van der Waals surface area contributed by atoms with Crippen molar-refractivity contribution in [3.8, 4) is 0 Å². The molecule has 1 unspecified atom stereocenters. The van der Waals surface area contributed by atoms with Crippen LogP contribution in [0.2, 0.25) is 5.02 Å². The van der Waals surface area contributed by atoms with Gasteiger partial charge in [-0.1, -0.05) is 24.6 Å². The van der Waals surface area contributed by atoms with Crippen molar-refractivity contribution in [2.75, 3.05) is 6.54 Å². The fourth-order valence-corrected chi connectivity index (χ4v) is 1.64. The number of carbonyl (C=O) groups is 2. The van der Waals surface area contributed by atoms with Gasteiger partial charge in [0, 0.05) is 6.04 Å². The van der Waals surface area contributed by atoms with Gasteiger partial charge in [-0.15, -0.1) is 0 Å². The summed E-state index contributed by atoms with van der Waals surface area (Å²) in [5, 5.41) is 5.03. The number of halogens is 2. The van der Waals surface area contributed by atoms with Crippen molar-refractivity contribution in [2.24, 2.45) is 0 Å². The molecule has 0 spiro atoms. The first-order valence-corrected chi connectivity index (χ1v) is 6.35. The highest BCUT2D eigenvalue weighted by Gasteiger charge is 2.16. The number of rotatable bonds is 5. The lowest BCUT2D eigenvalue weighted by Gasteiger charge is -2.12. The van der Waals surface area contributed by atoms with Crippen LogP contribution in [0.15, 0.2) is 18.2 Å². The Morgan fingerprint density at radius 3 is 2.68 bits per heavy atom. The molecule has 104 valence electrons. The fraction of sp³-hybridized carbons (Fsp3) is 0.385. The van der Waals surface area contributed by atoms with Crippen molar-refractivity contribution < 1.29 is 14.0 Å². The molecule has 1 atom stereocenters. The molecule has 0 fully saturated rings. The Morgan fingerprint density at radius 1 is 1.42 bits per heavy atom. The molecule has 0 saturated heterocycles. The zero-order chi connectivity index (χ0) is 14.4. The Kier molecular flexibility index (Phi) is 5.76. The highest BCUT2D eigenvalue weighted by molar-refractivity contribution is 6.33. The van der Waals surface area contributed by atoms with Crippen LogP contribution in [0.5, 0.6) is 0 Å². The first kappa shape index (κ1) is 15.4. The fourth-order valence-electron chi connectivity index (χ4n) is 1.39. The van der Waals surface area contributed by atoms with E-state index in [0.717, 1.165) is 12.5 Å². The third-order valence-electron chi connectivity index (χ3n) is 2.62. The van der Waals surface area contributed by atoms with Crippen molar-refractivity contribution in [1.82, 2.24) is 10.6 Å². The number of hydrogen-bond donors (Lipinski definition) is 2. The first-order valence-electron chi connectivity index (χ1n) is 5.97. The lowest BCUT2D eigenvalue weighted by atomic mass is 10.2. The quantitative estimate of drug-likeness (QED) is 0.871. The summed E-state index contributed by atoms with van der Waals surface area (Å²) in [7, 11) is 0. The maximum atomic E-state index is 13.4. The van der Waals surface area contributed by atoms with E-state index in [1.807, 2.05) is 13.8 Å². The summed E-state index contributed by atoms with van der Waals surface area (Å²) in [6.07, 6.45) is 0.791. The SMILES string of the molecule is CCC(C)NC(=O)CNC(=O)c1c(F)cccc1Cl. The molecule has 0 aliphatic carbocycles. The second kappa shape index (κ2) is 7.09. The molecule has 2 N–H and O–H groups in total. The van der Waals surface area contributed by atoms with E-state index in [1.54, 1.807) is 0 Å². The molecule has 1 rings (SSSR count). The Hall–Kier alpha value is -1.62. The number of hydrogen-bond acceptors (Lipinski definition) is 2. The van der Waals surface area contributed by atoms with Crippen molar-refractivity contribution in [3.63, 3.8) is 0 Å². The van der Waals surface area contributed by atoms with E-state index in [4.69, 9.17) is 11.6 Å². The smallest absolute Gasteiger partial charge is 0.256 e. The minimum atomic E-state index is -0.715. The molecular formula is C13H16ClFN2O2. The lowest BCUT2D eigenvalue weighted by molar-refractivity contribution is -0.120. The van der Waals surface area contributed by atoms with Gasteiger partial charge in [-0.05, 0) is 25.5 Å². The molecule has 6 heteroatoms. The number of benzene rings is 1. The zero-order valence-corrected chi connectivity index (χ0v) is 11.6. The van der Waals surface area contributed by atoms with Crippen molar-refractivity contribution >= 4 is 23.4 Å². The molecule has 0 heterocycles. The van der Waals surface area contributed by atoms with Gasteiger partial charge in [0.25, 0.3) is 5.91 Å². The topological polar surface area (TPSA) is 58.2 Å². The molecule has 1 aromatic carbocycles. The molecule has 19 heavy (non-hydrogen) atoms. The van der Waals surface area contributed by atoms with Gasteiger partial charge in [-0.2, -0.15) is 0 Å². The van der Waals surface area contributed by atoms with Gasteiger partial charge in [-0.3, -0.25) is 9.59 Å². The molecule has 4 nitrogen and oxygen atoms in total. The summed E-state index contributed by atoms with van der Waals surface area (Å²) in [5.74, 6) is -1.75. The molecule has 0 radical (unpaired) electrons. The molecule has 0 saturated carbocycles. The summed E-state index contributed by atoms with van der Waals surface area (Å²) >= 11 is 5.75. The highest BCUT2D eigenvalue weighted by Crippen LogP contribution is 2.18. The maximum Gasteiger partial charge on any atom is 0.256 e. The second-order valence-corrected chi connectivity index (χ2v) is 4.56. The second-order valence-electron chi connectivity index (χ2n) is 4.16. The molecule has 0 aliphatic rings. The van der Waals surface area contributed by atoms with Crippen LogP contribution in [0.25, 0.3) is 0 Å². The molecular weight excluding hydrogens is 271 g/mol. The molecule has 0 bridgehead atoms. The normalized spacial score (nSPS) is 11.8. The van der Waals surface area contributed by atoms with Gasteiger partial charge in [0.05, 0.1) is 17.1 Å². The van der Waals surface area contributed by atoms with Crippen LogP contribution in [-0.2, 0) is 4.79 Å². The Morgan fingerprint density at radius 2 is 2.11 bits per heavy atom. The largest absolute Gasteiger partial charge is 0.352 e.